The zero-order valence-corrected chi connectivity index (χ0v) is 16.2. The third-order valence-electron chi connectivity index (χ3n) is 4.98. The van der Waals surface area contributed by atoms with Gasteiger partial charge in [-0.25, -0.2) is 9.97 Å². The number of amides is 2. The van der Waals surface area contributed by atoms with E-state index in [9.17, 15) is 9.59 Å². The normalized spacial score (nSPS) is 18.8. The summed E-state index contributed by atoms with van der Waals surface area (Å²) in [4.78, 5) is 39.7. The Bertz CT molecular complexity index is 1030. The van der Waals surface area contributed by atoms with Crippen molar-refractivity contribution in [3.63, 3.8) is 0 Å². The quantitative estimate of drug-likeness (QED) is 0.732. The van der Waals surface area contributed by atoms with Crippen LogP contribution in [0.25, 0.3) is 0 Å². The van der Waals surface area contributed by atoms with E-state index in [4.69, 9.17) is 4.42 Å². The van der Waals surface area contributed by atoms with Gasteiger partial charge in [0.15, 0.2) is 5.82 Å². The van der Waals surface area contributed by atoms with Crippen LogP contribution in [-0.4, -0.2) is 39.9 Å². The predicted molar refractivity (Wildman–Crippen MR) is 105 cm³/mol. The summed E-state index contributed by atoms with van der Waals surface area (Å²) >= 11 is 0. The van der Waals surface area contributed by atoms with Gasteiger partial charge in [-0.1, -0.05) is 37.3 Å². The molecule has 8 nitrogen and oxygen atoms in total. The molecule has 0 saturated carbocycles. The number of nitrogens with zero attached hydrogens (tertiary/aromatic N) is 4. The van der Waals surface area contributed by atoms with Crippen LogP contribution in [0.5, 0.6) is 0 Å². The summed E-state index contributed by atoms with van der Waals surface area (Å²) in [5.74, 6) is 0.228. The summed E-state index contributed by atoms with van der Waals surface area (Å²) in [7, 11) is 1.64. The number of likely N-dealkylation sites (N-methyl/N-ethyl adjacent to an activating group) is 1. The smallest absolute Gasteiger partial charge is 0.307 e. The van der Waals surface area contributed by atoms with E-state index in [-0.39, 0.29) is 17.7 Å². The van der Waals surface area contributed by atoms with Gasteiger partial charge in [0.2, 0.25) is 0 Å². The van der Waals surface area contributed by atoms with Gasteiger partial charge in [-0.15, -0.1) is 0 Å². The topological polar surface area (TPSA) is 101 Å². The fourth-order valence-corrected chi connectivity index (χ4v) is 3.48. The molecule has 1 aromatic carbocycles. The molecule has 0 aliphatic carbocycles. The van der Waals surface area contributed by atoms with E-state index in [1.54, 1.807) is 19.4 Å². The van der Waals surface area contributed by atoms with Gasteiger partial charge in [-0.3, -0.25) is 19.5 Å². The molecule has 0 saturated heterocycles. The highest BCUT2D eigenvalue weighted by molar-refractivity contribution is 6.01. The molecule has 1 aliphatic rings. The number of rotatable bonds is 4. The fraction of sp³-hybridized carbons (Fsp3) is 0.286. The van der Waals surface area contributed by atoms with Crippen molar-refractivity contribution in [2.75, 3.05) is 11.9 Å². The molecular formula is C21H21N5O3. The first-order valence-electron chi connectivity index (χ1n) is 9.41. The summed E-state index contributed by atoms with van der Waals surface area (Å²) in [5.41, 5.74) is 1.80. The van der Waals surface area contributed by atoms with Crippen molar-refractivity contribution in [3.8, 4) is 0 Å². The van der Waals surface area contributed by atoms with Crippen LogP contribution in [0.2, 0.25) is 0 Å². The van der Waals surface area contributed by atoms with Gasteiger partial charge in [0.05, 0.1) is 11.9 Å². The van der Waals surface area contributed by atoms with E-state index in [2.05, 4.69) is 20.3 Å². The number of hydrogen-bond acceptors (Lipinski definition) is 6. The monoisotopic (exact) mass is 391 g/mol. The van der Waals surface area contributed by atoms with E-state index < -0.39 is 11.9 Å². The van der Waals surface area contributed by atoms with E-state index >= 15 is 0 Å². The number of fused-ring (bicyclic) bond motifs is 1. The van der Waals surface area contributed by atoms with Crippen LogP contribution in [0.3, 0.4) is 0 Å². The van der Waals surface area contributed by atoms with Crippen molar-refractivity contribution in [1.29, 1.82) is 0 Å². The van der Waals surface area contributed by atoms with Crippen LogP contribution in [0, 0.1) is 0 Å². The van der Waals surface area contributed by atoms with E-state index in [1.807, 2.05) is 37.3 Å². The van der Waals surface area contributed by atoms with Crippen LogP contribution < -0.4 is 10.2 Å². The highest BCUT2D eigenvalue weighted by Crippen LogP contribution is 2.30. The first-order valence-corrected chi connectivity index (χ1v) is 9.41. The summed E-state index contributed by atoms with van der Waals surface area (Å²) in [6, 6.07) is 9.05. The second-order valence-corrected chi connectivity index (χ2v) is 7.12. The molecule has 2 amide bonds. The van der Waals surface area contributed by atoms with Crippen molar-refractivity contribution in [2.24, 2.45) is 0 Å². The highest BCUT2D eigenvalue weighted by Gasteiger charge is 2.34. The standard InChI is InChI=1S/C21H21N5O3/c1-13-10-16(21(28)26(2)18-17(13)22-8-9-23-18)25-19(27)20-24-12-15(29-20)11-14-6-4-3-5-7-14/h3-9,12-13,16H,10-11H2,1-2H3,(H,25,27)/t13-,16+/m0/s1. The molecule has 1 N–H and O–H groups in total. The largest absolute Gasteiger partial charge is 0.437 e. The number of benzene rings is 1. The fourth-order valence-electron chi connectivity index (χ4n) is 3.48. The summed E-state index contributed by atoms with van der Waals surface area (Å²) in [6.45, 7) is 1.96. The lowest BCUT2D eigenvalue weighted by atomic mass is 9.99. The third-order valence-corrected chi connectivity index (χ3v) is 4.98. The number of hydrogen-bond donors (Lipinski definition) is 1. The Balaban J connectivity index is 1.48. The van der Waals surface area contributed by atoms with Gasteiger partial charge in [0.25, 0.3) is 11.8 Å². The first-order chi connectivity index (χ1) is 14.0. The number of anilines is 1. The van der Waals surface area contributed by atoms with Gasteiger partial charge in [-0.2, -0.15) is 0 Å². The van der Waals surface area contributed by atoms with Gasteiger partial charge in [0, 0.05) is 31.8 Å². The predicted octanol–water partition coefficient (Wildman–Crippen LogP) is 2.32. The second kappa shape index (κ2) is 7.83. The molecule has 2 aromatic heterocycles. The number of nitrogens with one attached hydrogen (secondary N) is 1. The first kappa shape index (κ1) is 18.8. The van der Waals surface area contributed by atoms with Crippen molar-refractivity contribution < 1.29 is 14.0 Å². The van der Waals surface area contributed by atoms with Gasteiger partial charge >= 0.3 is 5.91 Å². The van der Waals surface area contributed by atoms with Crippen molar-refractivity contribution >= 4 is 17.6 Å². The Morgan fingerprint density at radius 1 is 1.21 bits per heavy atom. The average molecular weight is 391 g/mol. The Labute approximate surface area is 168 Å². The molecule has 4 rings (SSSR count). The Morgan fingerprint density at radius 3 is 2.76 bits per heavy atom. The third kappa shape index (κ3) is 3.87. The zero-order chi connectivity index (χ0) is 20.4. The van der Waals surface area contributed by atoms with E-state index in [0.717, 1.165) is 11.3 Å². The molecular weight excluding hydrogens is 370 g/mol. The second-order valence-electron chi connectivity index (χ2n) is 7.12. The highest BCUT2D eigenvalue weighted by atomic mass is 16.4. The van der Waals surface area contributed by atoms with Crippen LogP contribution in [0.4, 0.5) is 5.82 Å². The molecule has 0 spiro atoms. The number of carbonyl (C=O) groups excluding carboxylic acids is 2. The Kier molecular flexibility index (Phi) is 5.07. The molecule has 3 aromatic rings. The number of aromatic nitrogens is 3. The molecule has 29 heavy (non-hydrogen) atoms. The summed E-state index contributed by atoms with van der Waals surface area (Å²) in [5, 5.41) is 2.76. The number of carbonyl (C=O) groups is 2. The minimum atomic E-state index is -0.719. The Morgan fingerprint density at radius 2 is 1.97 bits per heavy atom. The van der Waals surface area contributed by atoms with Gasteiger partial charge in [0.1, 0.15) is 11.8 Å². The average Bonchev–Trinajstić information content (AvgIpc) is 3.18. The van der Waals surface area contributed by atoms with Crippen molar-refractivity contribution in [2.45, 2.75) is 31.7 Å². The molecule has 3 heterocycles. The minimum absolute atomic E-state index is 0.0453. The minimum Gasteiger partial charge on any atom is -0.437 e. The number of oxazole rings is 1. The van der Waals surface area contributed by atoms with Crippen LogP contribution >= 0.6 is 0 Å². The maximum absolute atomic E-state index is 12.9. The molecule has 1 aliphatic heterocycles. The lowest BCUT2D eigenvalue weighted by Crippen LogP contribution is -2.47. The molecule has 0 fully saturated rings. The molecule has 8 heteroatoms. The maximum atomic E-state index is 12.9. The van der Waals surface area contributed by atoms with Crippen molar-refractivity contribution in [3.05, 3.63) is 71.8 Å². The van der Waals surface area contributed by atoms with Crippen molar-refractivity contribution in [1.82, 2.24) is 20.3 Å². The molecule has 148 valence electrons. The summed E-state index contributed by atoms with van der Waals surface area (Å²) in [6.07, 6.45) is 5.65. The van der Waals surface area contributed by atoms with Gasteiger partial charge in [-0.05, 0) is 12.0 Å². The SMILES string of the molecule is C[C@H]1C[C@@H](NC(=O)c2ncc(Cc3ccccc3)o2)C(=O)N(C)c2nccnc21. The Hall–Kier alpha value is -3.55. The zero-order valence-electron chi connectivity index (χ0n) is 16.2. The van der Waals surface area contributed by atoms with Crippen LogP contribution in [0.1, 0.15) is 47.0 Å². The summed E-state index contributed by atoms with van der Waals surface area (Å²) < 4.78 is 5.60. The van der Waals surface area contributed by atoms with Crippen LogP contribution in [0.15, 0.2) is 53.3 Å². The van der Waals surface area contributed by atoms with Gasteiger partial charge < -0.3 is 9.73 Å². The molecule has 0 radical (unpaired) electrons. The lowest BCUT2D eigenvalue weighted by molar-refractivity contribution is -0.120. The lowest BCUT2D eigenvalue weighted by Gasteiger charge is -2.20. The molecule has 0 bridgehead atoms. The van der Waals surface area contributed by atoms with E-state index in [0.29, 0.717) is 24.4 Å². The molecule has 2 atom stereocenters. The van der Waals surface area contributed by atoms with E-state index in [1.165, 1.54) is 11.1 Å². The maximum Gasteiger partial charge on any atom is 0.307 e. The van der Waals surface area contributed by atoms with Crippen LogP contribution in [-0.2, 0) is 11.2 Å². The molecule has 0 unspecified atom stereocenters.